The van der Waals surface area contributed by atoms with E-state index in [0.717, 1.165) is 46.8 Å². The molecule has 2 N–H and O–H groups in total. The average Bonchev–Trinajstić information content (AvgIpc) is 3.28. The predicted octanol–water partition coefficient (Wildman–Crippen LogP) is 3.76. The fraction of sp³-hybridized carbons (Fsp3) is 0.150. The second-order valence-corrected chi connectivity index (χ2v) is 6.58. The van der Waals surface area contributed by atoms with Crippen LogP contribution in [0.5, 0.6) is 0 Å². The van der Waals surface area contributed by atoms with Gasteiger partial charge in [-0.15, -0.1) is 0 Å². The number of aromatic nitrogens is 4. The van der Waals surface area contributed by atoms with E-state index in [1.165, 1.54) is 11.3 Å². The van der Waals surface area contributed by atoms with Gasteiger partial charge in [0.05, 0.1) is 11.7 Å². The molecule has 0 atom stereocenters. The average molecular weight is 342 g/mol. The highest BCUT2D eigenvalue weighted by atomic mass is 15.1. The normalized spacial score (nSPS) is 13.2. The number of nitrogens with zero attached hydrogens (tertiary/aromatic N) is 4. The summed E-state index contributed by atoms with van der Waals surface area (Å²) in [4.78, 5) is 11.4. The van der Waals surface area contributed by atoms with E-state index in [1.807, 2.05) is 30.5 Å². The van der Waals surface area contributed by atoms with Crippen LogP contribution in [0.4, 0.5) is 17.2 Å². The van der Waals surface area contributed by atoms with Crippen LogP contribution in [0, 0.1) is 0 Å². The summed E-state index contributed by atoms with van der Waals surface area (Å²) >= 11 is 0. The quantitative estimate of drug-likeness (QED) is 0.593. The zero-order valence-electron chi connectivity index (χ0n) is 14.4. The number of aromatic amines is 1. The maximum Gasteiger partial charge on any atom is 0.161 e. The van der Waals surface area contributed by atoms with Crippen LogP contribution in [-0.2, 0) is 6.42 Å². The van der Waals surface area contributed by atoms with Gasteiger partial charge in [-0.3, -0.25) is 5.10 Å². The highest BCUT2D eigenvalue weighted by molar-refractivity contribution is 5.82. The van der Waals surface area contributed by atoms with Gasteiger partial charge < -0.3 is 10.2 Å². The molecular weight excluding hydrogens is 324 g/mol. The number of benzene rings is 2. The third-order valence-corrected chi connectivity index (χ3v) is 4.84. The Labute approximate surface area is 150 Å². The Kier molecular flexibility index (Phi) is 3.35. The summed E-state index contributed by atoms with van der Waals surface area (Å²) in [6.45, 7) is 1.07. The fourth-order valence-electron chi connectivity index (χ4n) is 3.41. The van der Waals surface area contributed by atoms with E-state index >= 15 is 0 Å². The zero-order valence-corrected chi connectivity index (χ0v) is 14.4. The summed E-state index contributed by atoms with van der Waals surface area (Å²) in [7, 11) is 2.13. The summed E-state index contributed by atoms with van der Waals surface area (Å²) in [5.74, 6) is 1.49. The monoisotopic (exact) mass is 342 g/mol. The summed E-state index contributed by atoms with van der Waals surface area (Å²) in [5.41, 5.74) is 5.68. The zero-order chi connectivity index (χ0) is 17.5. The summed E-state index contributed by atoms with van der Waals surface area (Å²) in [6, 6.07) is 14.4. The topological polar surface area (TPSA) is 69.7 Å². The number of hydrogen-bond donors (Lipinski definition) is 2. The highest BCUT2D eigenvalue weighted by Gasteiger charge is 2.16. The molecule has 0 aliphatic carbocycles. The van der Waals surface area contributed by atoms with Crippen LogP contribution in [0.1, 0.15) is 5.56 Å². The summed E-state index contributed by atoms with van der Waals surface area (Å²) in [5, 5.41) is 11.4. The minimum atomic E-state index is 0.725. The minimum absolute atomic E-state index is 0.725. The van der Waals surface area contributed by atoms with Gasteiger partial charge in [-0.1, -0.05) is 12.1 Å². The van der Waals surface area contributed by atoms with E-state index in [0.29, 0.717) is 0 Å². The van der Waals surface area contributed by atoms with E-state index in [1.54, 1.807) is 6.20 Å². The molecule has 26 heavy (non-hydrogen) atoms. The van der Waals surface area contributed by atoms with Gasteiger partial charge in [0.1, 0.15) is 5.82 Å². The number of rotatable bonds is 3. The van der Waals surface area contributed by atoms with Crippen molar-refractivity contribution < 1.29 is 0 Å². The smallest absolute Gasteiger partial charge is 0.161 e. The lowest BCUT2D eigenvalue weighted by molar-refractivity contribution is 0.956. The Balaban J connectivity index is 1.46. The van der Waals surface area contributed by atoms with Gasteiger partial charge >= 0.3 is 0 Å². The molecule has 0 spiro atoms. The third-order valence-electron chi connectivity index (χ3n) is 4.84. The van der Waals surface area contributed by atoms with Crippen molar-refractivity contribution in [1.29, 1.82) is 0 Å². The predicted molar refractivity (Wildman–Crippen MR) is 104 cm³/mol. The SMILES string of the molecule is CN1CCc2ccc(-c3nccc(Nc4ccc5[nH]ncc5c4)n3)cc21. The van der Waals surface area contributed by atoms with Gasteiger partial charge in [-0.25, -0.2) is 9.97 Å². The van der Waals surface area contributed by atoms with Crippen molar-refractivity contribution in [3.05, 3.63) is 60.4 Å². The van der Waals surface area contributed by atoms with Gasteiger partial charge in [-0.2, -0.15) is 5.10 Å². The standard InChI is InChI=1S/C20H18N6/c1-26-9-7-13-2-3-14(11-18(13)26)20-21-8-6-19(24-20)23-16-4-5-17-15(10-16)12-22-25-17/h2-6,8,10-12H,7,9H2,1H3,(H,22,25)(H,21,23,24). The number of H-pyrrole nitrogens is 1. The Morgan fingerprint density at radius 3 is 3.04 bits per heavy atom. The van der Waals surface area contributed by atoms with Crippen LogP contribution < -0.4 is 10.2 Å². The van der Waals surface area contributed by atoms with Crippen LogP contribution in [0.15, 0.2) is 54.9 Å². The molecule has 0 bridgehead atoms. The van der Waals surface area contributed by atoms with Gasteiger partial charge in [0, 0.05) is 42.1 Å². The van der Waals surface area contributed by atoms with E-state index in [-0.39, 0.29) is 0 Å². The first-order valence-corrected chi connectivity index (χ1v) is 8.64. The van der Waals surface area contributed by atoms with Crippen molar-refractivity contribution in [2.75, 3.05) is 23.8 Å². The summed E-state index contributed by atoms with van der Waals surface area (Å²) in [6.07, 6.45) is 4.70. The number of anilines is 3. The molecule has 0 unspecified atom stereocenters. The molecule has 0 saturated carbocycles. The molecule has 5 rings (SSSR count). The molecule has 2 aromatic heterocycles. The second kappa shape index (κ2) is 5.84. The van der Waals surface area contributed by atoms with Crippen molar-refractivity contribution >= 4 is 28.1 Å². The Morgan fingerprint density at radius 1 is 1.12 bits per heavy atom. The highest BCUT2D eigenvalue weighted by Crippen LogP contribution is 2.31. The van der Waals surface area contributed by atoms with Crippen LogP contribution in [0.3, 0.4) is 0 Å². The lowest BCUT2D eigenvalue weighted by Gasteiger charge is -2.13. The molecule has 0 amide bonds. The molecule has 0 fully saturated rings. The maximum absolute atomic E-state index is 4.69. The first kappa shape index (κ1) is 14.9. The molecule has 6 nitrogen and oxygen atoms in total. The van der Waals surface area contributed by atoms with Crippen LogP contribution >= 0.6 is 0 Å². The third kappa shape index (κ3) is 2.56. The molecule has 4 aromatic rings. The molecule has 6 heteroatoms. The Hall–Kier alpha value is -3.41. The lowest BCUT2D eigenvalue weighted by Crippen LogP contribution is -2.12. The minimum Gasteiger partial charge on any atom is -0.374 e. The maximum atomic E-state index is 4.69. The van der Waals surface area contributed by atoms with Crippen molar-refractivity contribution in [1.82, 2.24) is 20.2 Å². The van der Waals surface area contributed by atoms with Gasteiger partial charge in [0.2, 0.25) is 0 Å². The molecule has 1 aliphatic rings. The van der Waals surface area contributed by atoms with E-state index in [4.69, 9.17) is 4.98 Å². The van der Waals surface area contributed by atoms with Crippen molar-refractivity contribution in [3.63, 3.8) is 0 Å². The van der Waals surface area contributed by atoms with Crippen LogP contribution in [-0.4, -0.2) is 33.8 Å². The molecule has 1 aliphatic heterocycles. The van der Waals surface area contributed by atoms with Crippen molar-refractivity contribution in [2.45, 2.75) is 6.42 Å². The first-order valence-electron chi connectivity index (χ1n) is 8.64. The van der Waals surface area contributed by atoms with Crippen LogP contribution in [0.25, 0.3) is 22.3 Å². The van der Waals surface area contributed by atoms with Crippen LogP contribution in [0.2, 0.25) is 0 Å². The largest absolute Gasteiger partial charge is 0.374 e. The number of likely N-dealkylation sites (N-methyl/N-ethyl adjacent to an activating group) is 1. The van der Waals surface area contributed by atoms with Gasteiger partial charge in [-0.05, 0) is 42.3 Å². The lowest BCUT2D eigenvalue weighted by atomic mass is 10.1. The van der Waals surface area contributed by atoms with E-state index < -0.39 is 0 Å². The molecule has 128 valence electrons. The summed E-state index contributed by atoms with van der Waals surface area (Å²) < 4.78 is 0. The number of nitrogens with one attached hydrogen (secondary N) is 2. The Bertz CT molecular complexity index is 1100. The molecular formula is C20H18N6. The molecule has 0 saturated heterocycles. The fourth-order valence-corrected chi connectivity index (χ4v) is 3.41. The number of hydrogen-bond acceptors (Lipinski definition) is 5. The van der Waals surface area contributed by atoms with Crippen molar-refractivity contribution in [3.8, 4) is 11.4 Å². The second-order valence-electron chi connectivity index (χ2n) is 6.58. The van der Waals surface area contributed by atoms with E-state index in [9.17, 15) is 0 Å². The molecule has 3 heterocycles. The molecule has 2 aromatic carbocycles. The Morgan fingerprint density at radius 2 is 2.08 bits per heavy atom. The van der Waals surface area contributed by atoms with E-state index in [2.05, 4.69) is 50.6 Å². The first-order chi connectivity index (χ1) is 12.8. The molecule has 0 radical (unpaired) electrons. The number of fused-ring (bicyclic) bond motifs is 2. The van der Waals surface area contributed by atoms with Crippen molar-refractivity contribution in [2.24, 2.45) is 0 Å². The van der Waals surface area contributed by atoms with Gasteiger partial charge in [0.25, 0.3) is 0 Å². The van der Waals surface area contributed by atoms with Gasteiger partial charge in [0.15, 0.2) is 5.82 Å².